The molecule has 0 aliphatic heterocycles. The van der Waals surface area contributed by atoms with E-state index in [0.29, 0.717) is 5.56 Å². The number of amides is 1. The maximum absolute atomic E-state index is 12.4. The van der Waals surface area contributed by atoms with Crippen molar-refractivity contribution in [3.05, 3.63) is 65.0 Å². The molecule has 2 aromatic heterocycles. The lowest BCUT2D eigenvalue weighted by Gasteiger charge is -2.19. The number of nitrogens with zero attached hydrogens (tertiary/aromatic N) is 3. The summed E-state index contributed by atoms with van der Waals surface area (Å²) in [5.41, 5.74) is -2.43. The molecule has 1 atom stereocenters. The van der Waals surface area contributed by atoms with Gasteiger partial charge >= 0.3 is 11.8 Å². The summed E-state index contributed by atoms with van der Waals surface area (Å²) in [5.74, 6) is -0.438. The minimum atomic E-state index is -0.935. The van der Waals surface area contributed by atoms with Crippen LogP contribution in [0.15, 0.2) is 32.6 Å². The Morgan fingerprint density at radius 3 is 2.36 bits per heavy atom. The number of hydrogen-bond acceptors (Lipinski definition) is 8. The van der Waals surface area contributed by atoms with Crippen LogP contribution in [0.3, 0.4) is 0 Å². The Morgan fingerprint density at radius 1 is 1.14 bits per heavy atom. The van der Waals surface area contributed by atoms with E-state index in [4.69, 9.17) is 32.7 Å². The van der Waals surface area contributed by atoms with E-state index < -0.39 is 28.8 Å². The molecule has 0 aliphatic carbocycles. The molecule has 12 nitrogen and oxygen atoms in total. The van der Waals surface area contributed by atoms with E-state index in [1.54, 1.807) is 20.8 Å². The Morgan fingerprint density at radius 2 is 1.78 bits per heavy atom. The zero-order valence-corrected chi connectivity index (χ0v) is 21.6. The molecule has 3 rings (SSSR count). The van der Waals surface area contributed by atoms with Gasteiger partial charge in [0.25, 0.3) is 11.1 Å². The van der Waals surface area contributed by atoms with Crippen molar-refractivity contribution >= 4 is 35.1 Å². The molecule has 192 valence electrons. The molecule has 0 bridgehead atoms. The molecule has 3 N–H and O–H groups in total. The zero-order chi connectivity index (χ0) is 26.8. The van der Waals surface area contributed by atoms with Gasteiger partial charge in [0.05, 0.1) is 15.7 Å². The third kappa shape index (κ3) is 6.32. The van der Waals surface area contributed by atoms with Gasteiger partial charge in [-0.05, 0) is 45.2 Å². The lowest BCUT2D eigenvalue weighted by molar-refractivity contribution is 0.0634. The number of carbonyl (C=O) groups is 1. The van der Waals surface area contributed by atoms with Gasteiger partial charge in [-0.15, -0.1) is 10.2 Å². The van der Waals surface area contributed by atoms with Gasteiger partial charge in [-0.25, -0.2) is 14.7 Å². The maximum Gasteiger partial charge on any atom is 0.413 e. The first-order valence-corrected chi connectivity index (χ1v) is 11.5. The number of ether oxygens (including phenoxy) is 2. The molecule has 0 fully saturated rings. The molecule has 2 heterocycles. The van der Waals surface area contributed by atoms with E-state index in [1.807, 2.05) is 13.8 Å². The smallest absolute Gasteiger partial charge is 0.413 e. The normalized spacial score (nSPS) is 12.2. The Hall–Kier alpha value is -3.64. The number of benzene rings is 1. The van der Waals surface area contributed by atoms with Crippen LogP contribution in [0.2, 0.25) is 10.0 Å². The Balaban J connectivity index is 1.96. The van der Waals surface area contributed by atoms with Crippen molar-refractivity contribution in [3.63, 3.8) is 0 Å². The molecule has 3 aromatic rings. The van der Waals surface area contributed by atoms with Crippen molar-refractivity contribution in [1.82, 2.24) is 25.0 Å². The van der Waals surface area contributed by atoms with Crippen molar-refractivity contribution < 1.29 is 14.3 Å². The number of nitrogens with one attached hydrogen (secondary N) is 3. The zero-order valence-electron chi connectivity index (χ0n) is 20.1. The van der Waals surface area contributed by atoms with Crippen LogP contribution in [0.25, 0.3) is 5.69 Å². The summed E-state index contributed by atoms with van der Waals surface area (Å²) in [6.07, 6.45) is -0.204. The monoisotopic (exact) mass is 538 g/mol. The van der Waals surface area contributed by atoms with Gasteiger partial charge in [0.1, 0.15) is 5.60 Å². The Kier molecular flexibility index (Phi) is 7.89. The van der Waals surface area contributed by atoms with Crippen LogP contribution in [-0.4, -0.2) is 36.7 Å². The number of H-pyrrole nitrogens is 2. The van der Waals surface area contributed by atoms with Gasteiger partial charge in [-0.2, -0.15) is 4.68 Å². The predicted octanol–water partition coefficient (Wildman–Crippen LogP) is 3.96. The first kappa shape index (κ1) is 27.0. The third-order valence-electron chi connectivity index (χ3n) is 4.83. The first-order chi connectivity index (χ1) is 16.8. The van der Waals surface area contributed by atoms with Crippen molar-refractivity contribution in [2.24, 2.45) is 0 Å². The lowest BCUT2D eigenvalue weighted by Crippen LogP contribution is -2.36. The SMILES string of the molecule is CCC(C)c1cc(Oc2c(Cl)cc(-n3nc(NC(=O)OC(C)(C)C)c(=O)[nH]c3=O)cc2Cl)n[nH]c1=O. The molecule has 1 unspecified atom stereocenters. The second kappa shape index (κ2) is 10.5. The Labute approximate surface area is 214 Å². The number of anilines is 1. The van der Waals surface area contributed by atoms with Gasteiger partial charge in [-0.1, -0.05) is 37.0 Å². The molecular formula is C22H24Cl2N6O6. The van der Waals surface area contributed by atoms with Gasteiger partial charge in [0.15, 0.2) is 5.75 Å². The van der Waals surface area contributed by atoms with E-state index in [9.17, 15) is 19.2 Å². The fourth-order valence-electron chi connectivity index (χ4n) is 2.97. The highest BCUT2D eigenvalue weighted by molar-refractivity contribution is 6.37. The molecular weight excluding hydrogens is 515 g/mol. The summed E-state index contributed by atoms with van der Waals surface area (Å²) in [6.45, 7) is 8.77. The number of aromatic nitrogens is 5. The summed E-state index contributed by atoms with van der Waals surface area (Å²) in [7, 11) is 0. The molecule has 0 aliphatic rings. The summed E-state index contributed by atoms with van der Waals surface area (Å²) in [5, 5.41) is 12.3. The van der Waals surface area contributed by atoms with Crippen molar-refractivity contribution in [3.8, 4) is 17.3 Å². The molecule has 36 heavy (non-hydrogen) atoms. The van der Waals surface area contributed by atoms with E-state index >= 15 is 0 Å². The fraction of sp³-hybridized carbons (Fsp3) is 0.364. The minimum Gasteiger partial charge on any atom is -0.444 e. The molecule has 0 saturated carbocycles. The third-order valence-corrected chi connectivity index (χ3v) is 5.40. The maximum atomic E-state index is 12.4. The van der Waals surface area contributed by atoms with Crippen LogP contribution < -0.4 is 26.9 Å². The number of rotatable bonds is 6. The first-order valence-electron chi connectivity index (χ1n) is 10.8. The van der Waals surface area contributed by atoms with Crippen LogP contribution in [0.5, 0.6) is 11.6 Å². The minimum absolute atomic E-state index is 0.0151. The molecule has 1 aromatic carbocycles. The highest BCUT2D eigenvalue weighted by atomic mass is 35.5. The van der Waals surface area contributed by atoms with Crippen molar-refractivity contribution in [2.45, 2.75) is 52.6 Å². The van der Waals surface area contributed by atoms with Crippen LogP contribution >= 0.6 is 23.2 Å². The second-order valence-electron chi connectivity index (χ2n) is 8.79. The van der Waals surface area contributed by atoms with E-state index in [0.717, 1.165) is 11.1 Å². The van der Waals surface area contributed by atoms with Crippen LogP contribution in [0.4, 0.5) is 10.6 Å². The fourth-order valence-corrected chi connectivity index (χ4v) is 3.52. The van der Waals surface area contributed by atoms with E-state index in [-0.39, 0.29) is 38.8 Å². The largest absolute Gasteiger partial charge is 0.444 e. The molecule has 0 saturated heterocycles. The van der Waals surface area contributed by atoms with Gasteiger partial charge in [0.2, 0.25) is 11.7 Å². The van der Waals surface area contributed by atoms with Gasteiger partial charge in [-0.3, -0.25) is 19.9 Å². The lowest BCUT2D eigenvalue weighted by atomic mass is 10.0. The van der Waals surface area contributed by atoms with Crippen LogP contribution in [0, 0.1) is 0 Å². The highest BCUT2D eigenvalue weighted by Gasteiger charge is 2.20. The quantitative estimate of drug-likeness (QED) is 0.424. The van der Waals surface area contributed by atoms with E-state index in [1.165, 1.54) is 18.2 Å². The average molecular weight is 539 g/mol. The number of carbonyl (C=O) groups excluding carboxylic acids is 1. The number of aromatic amines is 2. The summed E-state index contributed by atoms with van der Waals surface area (Å²) in [6, 6.07) is 4.12. The van der Waals surface area contributed by atoms with Crippen LogP contribution in [-0.2, 0) is 4.74 Å². The Bertz CT molecular complexity index is 1450. The average Bonchev–Trinajstić information content (AvgIpc) is 2.77. The van der Waals surface area contributed by atoms with E-state index in [2.05, 4.69) is 25.6 Å². The summed E-state index contributed by atoms with van der Waals surface area (Å²) in [4.78, 5) is 50.7. The number of halogens is 2. The molecule has 1 amide bonds. The molecule has 0 radical (unpaired) electrons. The summed E-state index contributed by atoms with van der Waals surface area (Å²) >= 11 is 12.7. The number of hydrogen-bond donors (Lipinski definition) is 3. The van der Waals surface area contributed by atoms with Gasteiger partial charge < -0.3 is 9.47 Å². The van der Waals surface area contributed by atoms with Crippen LogP contribution in [0.1, 0.15) is 52.5 Å². The summed E-state index contributed by atoms with van der Waals surface area (Å²) < 4.78 is 11.6. The van der Waals surface area contributed by atoms with Crippen molar-refractivity contribution in [2.75, 3.05) is 5.32 Å². The van der Waals surface area contributed by atoms with Crippen molar-refractivity contribution in [1.29, 1.82) is 0 Å². The van der Waals surface area contributed by atoms with Gasteiger partial charge in [0, 0.05) is 11.6 Å². The standard InChI is InChI=1S/C22H24Cl2N6O6/c1-6-10(2)12-9-15(27-28-18(12)31)35-16-13(23)7-11(8-14(16)24)30-20(33)26-19(32)17(29-30)25-21(34)36-22(3,4)5/h7-10H,6H2,1-5H3,(H,28,31)(H,25,29,34)(H,26,32,33). The molecule has 0 spiro atoms. The highest BCUT2D eigenvalue weighted by Crippen LogP contribution is 2.37. The predicted molar refractivity (Wildman–Crippen MR) is 134 cm³/mol. The topological polar surface area (TPSA) is 161 Å². The molecule has 14 heteroatoms. The second-order valence-corrected chi connectivity index (χ2v) is 9.60.